The first-order chi connectivity index (χ1) is 11.6. The molecule has 1 aliphatic heterocycles. The highest BCUT2D eigenvalue weighted by molar-refractivity contribution is 6.31. The third-order valence-corrected chi connectivity index (χ3v) is 5.50. The summed E-state index contributed by atoms with van der Waals surface area (Å²) in [5, 5.41) is 0.533. The van der Waals surface area contributed by atoms with Crippen LogP contribution in [0.5, 0.6) is 0 Å². The van der Waals surface area contributed by atoms with Gasteiger partial charge >= 0.3 is 0 Å². The summed E-state index contributed by atoms with van der Waals surface area (Å²) in [6.45, 7) is 0. The van der Waals surface area contributed by atoms with Gasteiger partial charge in [0.25, 0.3) is 0 Å². The molecule has 4 rings (SSSR count). The van der Waals surface area contributed by atoms with Crippen LogP contribution in [0, 0.1) is 11.8 Å². The van der Waals surface area contributed by atoms with Crippen LogP contribution in [-0.4, -0.2) is 11.8 Å². The van der Waals surface area contributed by atoms with Gasteiger partial charge in [-0.05, 0) is 48.9 Å². The van der Waals surface area contributed by atoms with E-state index in [9.17, 15) is 9.59 Å². The Kier molecular flexibility index (Phi) is 3.89. The van der Waals surface area contributed by atoms with Crippen molar-refractivity contribution in [2.45, 2.75) is 25.2 Å². The van der Waals surface area contributed by atoms with Gasteiger partial charge in [0.15, 0.2) is 0 Å². The Labute approximate surface area is 146 Å². The second-order valence-electron chi connectivity index (χ2n) is 6.63. The molecule has 1 saturated carbocycles. The van der Waals surface area contributed by atoms with E-state index in [1.807, 2.05) is 18.2 Å². The molecular formula is C20H18ClNO2. The van der Waals surface area contributed by atoms with Crippen molar-refractivity contribution in [3.63, 3.8) is 0 Å². The summed E-state index contributed by atoms with van der Waals surface area (Å²) >= 11 is 6.03. The van der Waals surface area contributed by atoms with E-state index < -0.39 is 0 Å². The fraction of sp³-hybridized carbons (Fsp3) is 0.300. The van der Waals surface area contributed by atoms with Gasteiger partial charge in [-0.3, -0.25) is 14.5 Å². The normalized spacial score (nSPS) is 26.5. The molecule has 0 N–H and O–H groups in total. The molecule has 2 fully saturated rings. The van der Waals surface area contributed by atoms with Crippen LogP contribution in [0.25, 0.3) is 0 Å². The Balaban J connectivity index is 1.61. The lowest BCUT2D eigenvalue weighted by Crippen LogP contribution is -2.30. The minimum Gasteiger partial charge on any atom is -0.274 e. The van der Waals surface area contributed by atoms with Crippen LogP contribution in [0.4, 0.5) is 5.69 Å². The van der Waals surface area contributed by atoms with Crippen LogP contribution in [0.15, 0.2) is 54.6 Å². The number of imide groups is 1. The highest BCUT2D eigenvalue weighted by atomic mass is 35.5. The molecule has 4 heteroatoms. The van der Waals surface area contributed by atoms with Crippen molar-refractivity contribution < 1.29 is 9.59 Å². The maximum atomic E-state index is 12.9. The molecule has 1 aliphatic carbocycles. The number of amides is 2. The van der Waals surface area contributed by atoms with Gasteiger partial charge in [0.2, 0.25) is 11.8 Å². The lowest BCUT2D eigenvalue weighted by molar-refractivity contribution is -0.122. The van der Waals surface area contributed by atoms with Crippen LogP contribution < -0.4 is 4.90 Å². The van der Waals surface area contributed by atoms with E-state index in [1.165, 1.54) is 10.5 Å². The first kappa shape index (κ1) is 15.4. The van der Waals surface area contributed by atoms with E-state index in [0.29, 0.717) is 16.6 Å². The number of benzene rings is 2. The van der Waals surface area contributed by atoms with Gasteiger partial charge < -0.3 is 0 Å². The van der Waals surface area contributed by atoms with E-state index in [-0.39, 0.29) is 23.7 Å². The summed E-state index contributed by atoms with van der Waals surface area (Å²) in [5.41, 5.74) is 1.85. The first-order valence-corrected chi connectivity index (χ1v) is 8.71. The van der Waals surface area contributed by atoms with Gasteiger partial charge in [-0.2, -0.15) is 0 Å². The van der Waals surface area contributed by atoms with E-state index in [0.717, 1.165) is 19.3 Å². The predicted octanol–water partition coefficient (Wildman–Crippen LogP) is 4.41. The molecule has 3 unspecified atom stereocenters. The number of carbonyl (C=O) groups excluding carboxylic acids is 2. The summed E-state index contributed by atoms with van der Waals surface area (Å²) in [6, 6.07) is 17.3. The number of carbonyl (C=O) groups is 2. The fourth-order valence-electron chi connectivity index (χ4n) is 4.08. The summed E-state index contributed by atoms with van der Waals surface area (Å²) in [4.78, 5) is 27.0. The SMILES string of the molecule is O=C1C2CCC(c3ccccc3)CC2C(=O)N1c1cccc(Cl)c1. The second-order valence-corrected chi connectivity index (χ2v) is 7.06. The van der Waals surface area contributed by atoms with Crippen LogP contribution in [0.2, 0.25) is 5.02 Å². The highest BCUT2D eigenvalue weighted by Gasteiger charge is 2.50. The number of nitrogens with zero attached hydrogens (tertiary/aromatic N) is 1. The second kappa shape index (κ2) is 6.06. The van der Waals surface area contributed by atoms with Crippen molar-refractivity contribution in [2.24, 2.45) is 11.8 Å². The molecule has 2 aromatic rings. The van der Waals surface area contributed by atoms with Crippen molar-refractivity contribution in [1.82, 2.24) is 0 Å². The Bertz CT molecular complexity index is 789. The molecule has 2 amide bonds. The van der Waals surface area contributed by atoms with Crippen LogP contribution in [-0.2, 0) is 9.59 Å². The van der Waals surface area contributed by atoms with Crippen molar-refractivity contribution in [3.8, 4) is 0 Å². The third kappa shape index (κ3) is 2.53. The minimum atomic E-state index is -0.213. The van der Waals surface area contributed by atoms with E-state index >= 15 is 0 Å². The maximum absolute atomic E-state index is 12.9. The van der Waals surface area contributed by atoms with Gasteiger partial charge in [-0.25, -0.2) is 0 Å². The number of hydrogen-bond donors (Lipinski definition) is 0. The van der Waals surface area contributed by atoms with Gasteiger partial charge in [0.05, 0.1) is 17.5 Å². The average molecular weight is 340 g/mol. The summed E-state index contributed by atoms with van der Waals surface area (Å²) in [7, 11) is 0. The largest absolute Gasteiger partial charge is 0.274 e. The molecule has 3 atom stereocenters. The first-order valence-electron chi connectivity index (χ1n) is 8.33. The summed E-state index contributed by atoms with van der Waals surface area (Å²) in [6.07, 6.45) is 2.47. The van der Waals surface area contributed by atoms with E-state index in [2.05, 4.69) is 12.1 Å². The van der Waals surface area contributed by atoms with Crippen LogP contribution in [0.1, 0.15) is 30.7 Å². The van der Waals surface area contributed by atoms with Crippen molar-refractivity contribution in [3.05, 3.63) is 65.2 Å². The average Bonchev–Trinajstić information content (AvgIpc) is 2.86. The van der Waals surface area contributed by atoms with Crippen molar-refractivity contribution >= 4 is 29.1 Å². The number of rotatable bonds is 2. The van der Waals surface area contributed by atoms with Gasteiger partial charge in [0.1, 0.15) is 0 Å². The number of anilines is 1. The number of hydrogen-bond acceptors (Lipinski definition) is 2. The smallest absolute Gasteiger partial charge is 0.237 e. The molecule has 0 aromatic heterocycles. The fourth-order valence-corrected chi connectivity index (χ4v) is 4.26. The third-order valence-electron chi connectivity index (χ3n) is 5.26. The Hall–Kier alpha value is -2.13. The van der Waals surface area contributed by atoms with Gasteiger partial charge in [0, 0.05) is 5.02 Å². The molecule has 24 heavy (non-hydrogen) atoms. The Morgan fingerprint density at radius 1 is 0.875 bits per heavy atom. The number of halogens is 1. The molecule has 2 aliphatic rings. The molecular weight excluding hydrogens is 322 g/mol. The Morgan fingerprint density at radius 3 is 2.38 bits per heavy atom. The molecule has 0 spiro atoms. The monoisotopic (exact) mass is 339 g/mol. The van der Waals surface area contributed by atoms with Crippen LogP contribution >= 0.6 is 11.6 Å². The topological polar surface area (TPSA) is 37.4 Å². The van der Waals surface area contributed by atoms with E-state index in [4.69, 9.17) is 11.6 Å². The zero-order valence-electron chi connectivity index (χ0n) is 13.2. The standard InChI is InChI=1S/C20H18ClNO2/c21-15-7-4-8-16(12-15)22-19(23)17-10-9-14(11-18(17)20(22)24)13-5-2-1-3-6-13/h1-8,12,14,17-18H,9-11H2. The molecule has 1 saturated heterocycles. The molecule has 3 nitrogen and oxygen atoms in total. The quantitative estimate of drug-likeness (QED) is 0.760. The molecule has 122 valence electrons. The molecule has 2 aromatic carbocycles. The summed E-state index contributed by atoms with van der Waals surface area (Å²) in [5.74, 6) is -0.193. The van der Waals surface area contributed by atoms with Crippen LogP contribution in [0.3, 0.4) is 0 Å². The van der Waals surface area contributed by atoms with Crippen molar-refractivity contribution in [2.75, 3.05) is 4.90 Å². The molecule has 0 radical (unpaired) electrons. The van der Waals surface area contributed by atoms with Crippen molar-refractivity contribution in [1.29, 1.82) is 0 Å². The lowest BCUT2D eigenvalue weighted by Gasteiger charge is -2.28. The Morgan fingerprint density at radius 2 is 1.62 bits per heavy atom. The lowest BCUT2D eigenvalue weighted by atomic mass is 9.73. The molecule has 0 bridgehead atoms. The predicted molar refractivity (Wildman–Crippen MR) is 94.0 cm³/mol. The zero-order valence-corrected chi connectivity index (χ0v) is 13.9. The zero-order chi connectivity index (χ0) is 16.7. The minimum absolute atomic E-state index is 0.0706. The summed E-state index contributed by atoms with van der Waals surface area (Å²) < 4.78 is 0. The van der Waals surface area contributed by atoms with E-state index in [1.54, 1.807) is 24.3 Å². The maximum Gasteiger partial charge on any atom is 0.237 e. The number of fused-ring (bicyclic) bond motifs is 1. The van der Waals surface area contributed by atoms with Gasteiger partial charge in [-0.1, -0.05) is 48.0 Å². The van der Waals surface area contributed by atoms with Gasteiger partial charge in [-0.15, -0.1) is 0 Å². The highest BCUT2D eigenvalue weighted by Crippen LogP contribution is 2.45. The molecule has 1 heterocycles.